The molecule has 1 N–H and O–H groups in total. The molecule has 33 heavy (non-hydrogen) atoms. The van der Waals surface area contributed by atoms with Crippen LogP contribution in [0.4, 0.5) is 5.69 Å². The van der Waals surface area contributed by atoms with Crippen molar-refractivity contribution in [2.45, 2.75) is 25.6 Å². The van der Waals surface area contributed by atoms with Gasteiger partial charge in [0.05, 0.1) is 23.8 Å². The maximum atomic E-state index is 13.0. The zero-order chi connectivity index (χ0) is 22.9. The molecule has 0 saturated heterocycles. The van der Waals surface area contributed by atoms with Crippen LogP contribution in [0.25, 0.3) is 16.7 Å². The second-order valence-electron chi connectivity index (χ2n) is 8.15. The second kappa shape index (κ2) is 8.57. The summed E-state index contributed by atoms with van der Waals surface area (Å²) in [5.74, 6) is 0. The molecule has 168 valence electrons. The number of nitro benzene ring substituents is 1. The lowest BCUT2D eigenvalue weighted by atomic mass is 10.00. The minimum absolute atomic E-state index is 0.0938. The number of nitro groups is 1. The average molecular weight is 446 g/mol. The largest absolute Gasteiger partial charge is 0.390 e. The van der Waals surface area contributed by atoms with Crippen LogP contribution < -0.4 is 5.56 Å². The van der Waals surface area contributed by atoms with E-state index in [1.165, 1.54) is 39.0 Å². The number of aliphatic hydroxyl groups excluding tert-OH is 1. The van der Waals surface area contributed by atoms with E-state index in [9.17, 15) is 20.0 Å². The number of hydrogen-bond donors (Lipinski definition) is 1. The molecule has 4 aromatic rings. The van der Waals surface area contributed by atoms with Crippen molar-refractivity contribution in [1.29, 1.82) is 0 Å². The van der Waals surface area contributed by atoms with E-state index in [1.54, 1.807) is 18.2 Å². The van der Waals surface area contributed by atoms with Gasteiger partial charge in [-0.05, 0) is 23.6 Å². The number of hydrogen-bond acceptors (Lipinski definition) is 7. The topological polar surface area (TPSA) is 119 Å². The first-order valence-corrected chi connectivity index (χ1v) is 10.7. The molecule has 2 aromatic carbocycles. The highest BCUT2D eigenvalue weighted by molar-refractivity contribution is 5.76. The standard InChI is InChI=1S/C23H22N6O4/c30-18(13-26-10-9-16-5-1-2-6-17(16)12-26)14-27-15-24-22-19(23(27)31)11-25-28(22)20-7-3-4-8-21(20)29(32)33/h1-8,11,15,18,30H,9-10,12-14H2. The van der Waals surface area contributed by atoms with E-state index < -0.39 is 11.0 Å². The molecule has 3 heterocycles. The monoisotopic (exact) mass is 446 g/mol. The Hall–Kier alpha value is -3.89. The molecule has 0 spiro atoms. The van der Waals surface area contributed by atoms with Crippen LogP contribution in [0, 0.1) is 10.1 Å². The molecule has 1 aliphatic heterocycles. The van der Waals surface area contributed by atoms with Gasteiger partial charge >= 0.3 is 0 Å². The molecule has 0 saturated carbocycles. The van der Waals surface area contributed by atoms with Crippen LogP contribution in [-0.2, 0) is 19.5 Å². The molecule has 0 aliphatic carbocycles. The third-order valence-corrected chi connectivity index (χ3v) is 5.95. The Balaban J connectivity index is 1.36. The molecule has 10 nitrogen and oxygen atoms in total. The lowest BCUT2D eigenvalue weighted by Crippen LogP contribution is -2.39. The first-order valence-electron chi connectivity index (χ1n) is 10.7. The van der Waals surface area contributed by atoms with Crippen molar-refractivity contribution in [3.05, 3.63) is 92.7 Å². The fourth-order valence-corrected chi connectivity index (χ4v) is 4.35. The molecule has 1 aliphatic rings. The minimum Gasteiger partial charge on any atom is -0.390 e. The van der Waals surface area contributed by atoms with Gasteiger partial charge in [-0.2, -0.15) is 5.10 Å². The number of rotatable bonds is 6. The number of aliphatic hydroxyl groups is 1. The minimum atomic E-state index is -0.752. The van der Waals surface area contributed by atoms with Crippen molar-refractivity contribution in [2.75, 3.05) is 13.1 Å². The third kappa shape index (κ3) is 4.01. The molecule has 0 amide bonds. The second-order valence-corrected chi connectivity index (χ2v) is 8.15. The predicted octanol–water partition coefficient (Wildman–Crippen LogP) is 1.91. The molecular formula is C23H22N6O4. The Morgan fingerprint density at radius 2 is 1.85 bits per heavy atom. The summed E-state index contributed by atoms with van der Waals surface area (Å²) >= 11 is 0. The summed E-state index contributed by atoms with van der Waals surface area (Å²) in [4.78, 5) is 30.4. The van der Waals surface area contributed by atoms with Crippen molar-refractivity contribution in [1.82, 2.24) is 24.2 Å². The Morgan fingerprint density at radius 3 is 2.67 bits per heavy atom. The Morgan fingerprint density at radius 1 is 1.09 bits per heavy atom. The van der Waals surface area contributed by atoms with Crippen molar-refractivity contribution >= 4 is 16.7 Å². The third-order valence-electron chi connectivity index (χ3n) is 5.95. The van der Waals surface area contributed by atoms with Gasteiger partial charge in [0.1, 0.15) is 17.4 Å². The summed E-state index contributed by atoms with van der Waals surface area (Å²) in [6.45, 7) is 2.15. The van der Waals surface area contributed by atoms with Gasteiger partial charge in [0, 0.05) is 25.7 Å². The van der Waals surface area contributed by atoms with Crippen molar-refractivity contribution in [3.8, 4) is 5.69 Å². The normalized spacial score (nSPS) is 14.8. The van der Waals surface area contributed by atoms with Gasteiger partial charge in [0.25, 0.3) is 11.2 Å². The van der Waals surface area contributed by atoms with Gasteiger partial charge < -0.3 is 5.11 Å². The summed E-state index contributed by atoms with van der Waals surface area (Å²) in [7, 11) is 0. The highest BCUT2D eigenvalue weighted by Gasteiger charge is 2.21. The molecule has 0 radical (unpaired) electrons. The van der Waals surface area contributed by atoms with Crippen LogP contribution in [0.15, 0.2) is 65.8 Å². The summed E-state index contributed by atoms with van der Waals surface area (Å²) in [5, 5.41) is 26.4. The smallest absolute Gasteiger partial charge is 0.294 e. The first kappa shape index (κ1) is 21.0. The van der Waals surface area contributed by atoms with Gasteiger partial charge in [0.15, 0.2) is 5.65 Å². The van der Waals surface area contributed by atoms with Crippen LogP contribution in [0.2, 0.25) is 0 Å². The summed E-state index contributed by atoms with van der Waals surface area (Å²) in [6, 6.07) is 14.4. The van der Waals surface area contributed by atoms with Crippen molar-refractivity contribution in [3.63, 3.8) is 0 Å². The van der Waals surface area contributed by atoms with Gasteiger partial charge in [-0.15, -0.1) is 0 Å². The predicted molar refractivity (Wildman–Crippen MR) is 121 cm³/mol. The van der Waals surface area contributed by atoms with Crippen LogP contribution >= 0.6 is 0 Å². The number of aromatic nitrogens is 4. The fraction of sp³-hybridized carbons (Fsp3) is 0.261. The fourth-order valence-electron chi connectivity index (χ4n) is 4.35. The van der Waals surface area contributed by atoms with Crippen LogP contribution in [-0.4, -0.2) is 53.5 Å². The van der Waals surface area contributed by atoms with Crippen LogP contribution in [0.1, 0.15) is 11.1 Å². The molecule has 0 fully saturated rings. The van der Waals surface area contributed by atoms with Gasteiger partial charge in [-0.1, -0.05) is 36.4 Å². The lowest BCUT2D eigenvalue weighted by molar-refractivity contribution is -0.384. The van der Waals surface area contributed by atoms with E-state index in [0.717, 1.165) is 19.5 Å². The molecule has 5 rings (SSSR count). The zero-order valence-corrected chi connectivity index (χ0v) is 17.7. The van der Waals surface area contributed by atoms with E-state index in [0.29, 0.717) is 6.54 Å². The van der Waals surface area contributed by atoms with E-state index in [4.69, 9.17) is 0 Å². The molecule has 1 unspecified atom stereocenters. The maximum Gasteiger partial charge on any atom is 0.294 e. The van der Waals surface area contributed by atoms with E-state index in [-0.39, 0.29) is 34.5 Å². The van der Waals surface area contributed by atoms with E-state index >= 15 is 0 Å². The first-order chi connectivity index (χ1) is 16.0. The Bertz CT molecular complexity index is 1400. The van der Waals surface area contributed by atoms with Crippen LogP contribution in [0.3, 0.4) is 0 Å². The number of benzene rings is 2. The SMILES string of the molecule is O=c1c2cnn(-c3ccccc3[N+](=O)[O-])c2ncn1CC(O)CN1CCc2ccccc2C1. The highest BCUT2D eigenvalue weighted by atomic mass is 16.6. The van der Waals surface area contributed by atoms with Crippen LogP contribution in [0.5, 0.6) is 0 Å². The average Bonchev–Trinajstić information content (AvgIpc) is 3.25. The van der Waals surface area contributed by atoms with E-state index in [1.807, 2.05) is 12.1 Å². The summed E-state index contributed by atoms with van der Waals surface area (Å²) in [6.07, 6.45) is 2.89. The molecule has 2 aromatic heterocycles. The van der Waals surface area contributed by atoms with Crippen molar-refractivity contribution in [2.24, 2.45) is 0 Å². The molecular weight excluding hydrogens is 424 g/mol. The molecule has 10 heteroatoms. The number of para-hydroxylation sites is 2. The number of β-amino-alcohol motifs (C(OH)–C–C–N with tert-alkyl or cyclic N) is 1. The Labute approximate surface area is 188 Å². The van der Waals surface area contributed by atoms with Gasteiger partial charge in [-0.3, -0.25) is 24.4 Å². The molecule has 1 atom stereocenters. The quantitative estimate of drug-likeness (QED) is 0.355. The summed E-state index contributed by atoms with van der Waals surface area (Å²) in [5.41, 5.74) is 2.57. The van der Waals surface area contributed by atoms with Crippen molar-refractivity contribution < 1.29 is 10.0 Å². The van der Waals surface area contributed by atoms with E-state index in [2.05, 4.69) is 27.1 Å². The lowest BCUT2D eigenvalue weighted by Gasteiger charge is -2.30. The highest BCUT2D eigenvalue weighted by Crippen LogP contribution is 2.24. The number of fused-ring (bicyclic) bond motifs is 2. The molecule has 0 bridgehead atoms. The van der Waals surface area contributed by atoms with Gasteiger partial charge in [-0.25, -0.2) is 9.67 Å². The van der Waals surface area contributed by atoms with Gasteiger partial charge in [0.2, 0.25) is 0 Å². The number of nitrogens with zero attached hydrogens (tertiary/aromatic N) is 6. The zero-order valence-electron chi connectivity index (χ0n) is 17.7. The Kier molecular flexibility index (Phi) is 5.45. The maximum absolute atomic E-state index is 13.0. The summed E-state index contributed by atoms with van der Waals surface area (Å²) < 4.78 is 2.65.